The standard InChI is InChI=1S/C8H7N3OS/c9-11-4-1-2-6(11)7(12)8-10-3-5-13-8/h1-5H,9H2. The summed E-state index contributed by atoms with van der Waals surface area (Å²) in [5.41, 5.74) is 0.454. The molecule has 0 saturated heterocycles. The third-order valence-corrected chi connectivity index (χ3v) is 2.41. The van der Waals surface area contributed by atoms with Gasteiger partial charge in [0.2, 0.25) is 5.78 Å². The summed E-state index contributed by atoms with van der Waals surface area (Å²) < 4.78 is 1.30. The lowest BCUT2D eigenvalue weighted by atomic mass is 10.3. The Bertz CT molecular complexity index is 418. The number of aromatic nitrogens is 2. The minimum atomic E-state index is -0.137. The lowest BCUT2D eigenvalue weighted by molar-refractivity contribution is 0.103. The molecule has 2 N–H and O–H groups in total. The summed E-state index contributed by atoms with van der Waals surface area (Å²) in [6.45, 7) is 0. The second kappa shape index (κ2) is 3.02. The van der Waals surface area contributed by atoms with Gasteiger partial charge in [-0.3, -0.25) is 9.47 Å². The van der Waals surface area contributed by atoms with Crippen LogP contribution < -0.4 is 5.84 Å². The van der Waals surface area contributed by atoms with Gasteiger partial charge >= 0.3 is 0 Å². The van der Waals surface area contributed by atoms with Crippen LogP contribution >= 0.6 is 11.3 Å². The Labute approximate surface area is 78.6 Å². The van der Waals surface area contributed by atoms with Gasteiger partial charge in [0.05, 0.1) is 0 Å². The van der Waals surface area contributed by atoms with Gasteiger partial charge in [-0.25, -0.2) is 4.98 Å². The quantitative estimate of drug-likeness (QED) is 0.569. The normalized spacial score (nSPS) is 10.2. The van der Waals surface area contributed by atoms with Crippen molar-refractivity contribution in [2.75, 3.05) is 5.84 Å². The summed E-state index contributed by atoms with van der Waals surface area (Å²) in [4.78, 5) is 15.5. The highest BCUT2D eigenvalue weighted by Gasteiger charge is 2.13. The van der Waals surface area contributed by atoms with E-state index in [0.717, 1.165) is 0 Å². The number of thiazole rings is 1. The van der Waals surface area contributed by atoms with Gasteiger partial charge in [0.1, 0.15) is 5.69 Å². The van der Waals surface area contributed by atoms with Gasteiger partial charge in [-0.2, -0.15) is 0 Å². The maximum atomic E-state index is 11.6. The number of carbonyl (C=O) groups is 1. The third kappa shape index (κ3) is 1.33. The highest BCUT2D eigenvalue weighted by molar-refractivity contribution is 7.11. The maximum Gasteiger partial charge on any atom is 0.239 e. The number of nitrogens with zero attached hydrogens (tertiary/aromatic N) is 2. The van der Waals surface area contributed by atoms with E-state index in [1.54, 1.807) is 29.9 Å². The number of carbonyl (C=O) groups excluding carboxylic acids is 1. The molecule has 0 fully saturated rings. The largest absolute Gasteiger partial charge is 0.339 e. The van der Waals surface area contributed by atoms with Gasteiger partial charge in [-0.1, -0.05) is 0 Å². The van der Waals surface area contributed by atoms with Gasteiger partial charge in [-0.05, 0) is 12.1 Å². The Morgan fingerprint density at radius 1 is 1.62 bits per heavy atom. The van der Waals surface area contributed by atoms with Gasteiger partial charge < -0.3 is 5.84 Å². The number of rotatable bonds is 2. The summed E-state index contributed by atoms with van der Waals surface area (Å²) in [6.07, 6.45) is 3.22. The van der Waals surface area contributed by atoms with Gasteiger partial charge in [-0.15, -0.1) is 11.3 Å². The van der Waals surface area contributed by atoms with Crippen LogP contribution in [0.25, 0.3) is 0 Å². The maximum absolute atomic E-state index is 11.6. The molecule has 5 heteroatoms. The molecule has 0 aromatic carbocycles. The van der Waals surface area contributed by atoms with Crippen molar-refractivity contribution >= 4 is 17.1 Å². The summed E-state index contributed by atoms with van der Waals surface area (Å²) >= 11 is 1.31. The zero-order valence-corrected chi connectivity index (χ0v) is 7.49. The molecule has 0 saturated carbocycles. The number of ketones is 1. The molecule has 0 aliphatic carbocycles. The molecule has 2 rings (SSSR count). The Hall–Kier alpha value is -1.62. The first-order valence-electron chi connectivity index (χ1n) is 3.65. The molecule has 4 nitrogen and oxygen atoms in total. The molecule has 13 heavy (non-hydrogen) atoms. The van der Waals surface area contributed by atoms with Crippen LogP contribution in [0.4, 0.5) is 0 Å². The van der Waals surface area contributed by atoms with Crippen molar-refractivity contribution in [3.8, 4) is 0 Å². The van der Waals surface area contributed by atoms with E-state index >= 15 is 0 Å². The van der Waals surface area contributed by atoms with E-state index in [0.29, 0.717) is 10.7 Å². The number of hydrogen-bond donors (Lipinski definition) is 1. The first kappa shape index (κ1) is 8.00. The fourth-order valence-electron chi connectivity index (χ4n) is 1.03. The second-order valence-corrected chi connectivity index (χ2v) is 3.36. The van der Waals surface area contributed by atoms with Crippen molar-refractivity contribution in [2.24, 2.45) is 0 Å². The van der Waals surface area contributed by atoms with E-state index in [1.807, 2.05) is 0 Å². The first-order valence-corrected chi connectivity index (χ1v) is 4.53. The molecule has 0 radical (unpaired) electrons. The van der Waals surface area contributed by atoms with E-state index in [2.05, 4.69) is 4.98 Å². The minimum absolute atomic E-state index is 0.137. The average molecular weight is 193 g/mol. The zero-order chi connectivity index (χ0) is 9.26. The molecular weight excluding hydrogens is 186 g/mol. The summed E-state index contributed by atoms with van der Waals surface area (Å²) in [7, 11) is 0. The third-order valence-electron chi connectivity index (χ3n) is 1.64. The molecule has 0 spiro atoms. The number of nitrogens with two attached hydrogens (primary N) is 1. The molecule has 0 amide bonds. The molecule has 66 valence electrons. The lowest BCUT2D eigenvalue weighted by Gasteiger charge is -1.98. The monoisotopic (exact) mass is 193 g/mol. The smallest absolute Gasteiger partial charge is 0.239 e. The van der Waals surface area contributed by atoms with Crippen LogP contribution in [0.3, 0.4) is 0 Å². The predicted molar refractivity (Wildman–Crippen MR) is 50.1 cm³/mol. The van der Waals surface area contributed by atoms with Crippen LogP contribution in [-0.2, 0) is 0 Å². The molecule has 0 bridgehead atoms. The molecule has 2 aromatic rings. The van der Waals surface area contributed by atoms with E-state index in [1.165, 1.54) is 16.0 Å². The van der Waals surface area contributed by atoms with Crippen LogP contribution in [0.1, 0.15) is 15.5 Å². The predicted octanol–water partition coefficient (Wildman–Crippen LogP) is 0.889. The lowest BCUT2D eigenvalue weighted by Crippen LogP contribution is -2.15. The van der Waals surface area contributed by atoms with Crippen molar-refractivity contribution in [1.29, 1.82) is 0 Å². The highest BCUT2D eigenvalue weighted by atomic mass is 32.1. The Balaban J connectivity index is 2.39. The molecule has 0 unspecified atom stereocenters. The van der Waals surface area contributed by atoms with Crippen molar-refractivity contribution in [3.63, 3.8) is 0 Å². The summed E-state index contributed by atoms with van der Waals surface area (Å²) in [5.74, 6) is 5.38. The van der Waals surface area contributed by atoms with E-state index in [4.69, 9.17) is 5.84 Å². The van der Waals surface area contributed by atoms with Crippen molar-refractivity contribution in [3.05, 3.63) is 40.6 Å². The number of nitrogen functional groups attached to an aromatic ring is 1. The minimum Gasteiger partial charge on any atom is -0.339 e. The Morgan fingerprint density at radius 3 is 3.00 bits per heavy atom. The Morgan fingerprint density at radius 2 is 2.46 bits per heavy atom. The van der Waals surface area contributed by atoms with Crippen LogP contribution in [0.5, 0.6) is 0 Å². The topological polar surface area (TPSA) is 60.9 Å². The molecule has 0 atom stereocenters. The Kier molecular flexibility index (Phi) is 1.86. The van der Waals surface area contributed by atoms with E-state index < -0.39 is 0 Å². The average Bonchev–Trinajstić information content (AvgIpc) is 2.72. The molecular formula is C8H7N3OS. The van der Waals surface area contributed by atoms with Gasteiger partial charge in [0.25, 0.3) is 0 Å². The molecule has 2 heterocycles. The zero-order valence-electron chi connectivity index (χ0n) is 6.68. The van der Waals surface area contributed by atoms with Crippen molar-refractivity contribution in [2.45, 2.75) is 0 Å². The SMILES string of the molecule is Nn1cccc1C(=O)c1nccs1. The fourth-order valence-corrected chi connectivity index (χ4v) is 1.62. The van der Waals surface area contributed by atoms with Crippen LogP contribution in [-0.4, -0.2) is 15.4 Å². The van der Waals surface area contributed by atoms with Gasteiger partial charge in [0.15, 0.2) is 5.01 Å². The fraction of sp³-hybridized carbons (Fsp3) is 0. The van der Waals surface area contributed by atoms with Crippen LogP contribution in [0.15, 0.2) is 29.9 Å². The van der Waals surface area contributed by atoms with Crippen molar-refractivity contribution < 1.29 is 4.79 Å². The summed E-state index contributed by atoms with van der Waals surface area (Å²) in [5, 5.41) is 2.22. The van der Waals surface area contributed by atoms with E-state index in [9.17, 15) is 4.79 Å². The number of hydrogen-bond acceptors (Lipinski definition) is 4. The molecule has 0 aliphatic heterocycles. The molecule has 0 aliphatic rings. The summed E-state index contributed by atoms with van der Waals surface area (Å²) in [6, 6.07) is 3.39. The van der Waals surface area contributed by atoms with Crippen molar-refractivity contribution in [1.82, 2.24) is 9.66 Å². The first-order chi connectivity index (χ1) is 6.29. The van der Waals surface area contributed by atoms with E-state index in [-0.39, 0.29) is 5.78 Å². The molecule has 2 aromatic heterocycles. The second-order valence-electron chi connectivity index (χ2n) is 2.47. The van der Waals surface area contributed by atoms with Gasteiger partial charge in [0, 0.05) is 17.8 Å². The highest BCUT2D eigenvalue weighted by Crippen LogP contribution is 2.11. The van der Waals surface area contributed by atoms with Crippen LogP contribution in [0, 0.1) is 0 Å². The van der Waals surface area contributed by atoms with Crippen LogP contribution in [0.2, 0.25) is 0 Å².